The van der Waals surface area contributed by atoms with Crippen LogP contribution in [0.25, 0.3) is 0 Å². The van der Waals surface area contributed by atoms with Crippen molar-refractivity contribution in [1.29, 1.82) is 0 Å². The van der Waals surface area contributed by atoms with Crippen LogP contribution >= 0.6 is 0 Å². The van der Waals surface area contributed by atoms with E-state index in [0.717, 1.165) is 0 Å². The van der Waals surface area contributed by atoms with Crippen molar-refractivity contribution in [2.45, 2.75) is 79.3 Å². The van der Waals surface area contributed by atoms with Gasteiger partial charge in [0, 0.05) is 53.0 Å². The van der Waals surface area contributed by atoms with Crippen LogP contribution in [0.3, 0.4) is 0 Å². The van der Waals surface area contributed by atoms with Gasteiger partial charge in [0.25, 0.3) is 0 Å². The van der Waals surface area contributed by atoms with Crippen LogP contribution in [0, 0.1) is 11.8 Å². The summed E-state index contributed by atoms with van der Waals surface area (Å²) in [5.41, 5.74) is -0.641. The van der Waals surface area contributed by atoms with Crippen molar-refractivity contribution < 1.29 is 63.2 Å². The Balaban J connectivity index is -0.0000000909. The molecule has 0 amide bonds. The molecule has 0 bridgehead atoms. The fraction of sp³-hybridized carbons (Fsp3) is 0.750. The van der Waals surface area contributed by atoms with Gasteiger partial charge in [-0.2, -0.15) is 41.5 Å². The Hall–Kier alpha value is 0.585. The van der Waals surface area contributed by atoms with Crippen molar-refractivity contribution in [3.05, 3.63) is 11.8 Å². The third kappa shape index (κ3) is 51.9. The molecule has 4 nitrogen and oxygen atoms in total. The summed E-state index contributed by atoms with van der Waals surface area (Å²) in [5.74, 6) is 0.841. The first-order valence-corrected chi connectivity index (χ1v) is 8.69. The van der Waals surface area contributed by atoms with E-state index in [1.807, 2.05) is 20.8 Å². The van der Waals surface area contributed by atoms with Crippen molar-refractivity contribution in [2.75, 3.05) is 0 Å². The fourth-order valence-corrected chi connectivity index (χ4v) is 3.24. The minimum atomic E-state index is -1.02. The van der Waals surface area contributed by atoms with Gasteiger partial charge in [0.1, 0.15) is 0 Å². The van der Waals surface area contributed by atoms with Crippen LogP contribution in [0.4, 0.5) is 0 Å². The van der Waals surface area contributed by atoms with E-state index in [1.54, 1.807) is 0 Å². The number of aliphatic carboxylic acids is 2. The summed E-state index contributed by atoms with van der Waals surface area (Å²) >= 11 is 0. The Morgan fingerprint density at radius 1 is 0.913 bits per heavy atom. The zero-order valence-corrected chi connectivity index (χ0v) is 20.7. The standard InChI is InChI=1S/C8H16O4Si.2C4H9.2Ti/c1-8(2,3)13-5(7(11)12)4-6(9)10;2*1-4(2)3;;/h5H,4,13H2,1-3H3,(H,9,10)(H,11,12);2*1-3H3;;/q;2*-1;;. The van der Waals surface area contributed by atoms with E-state index >= 15 is 0 Å². The Labute approximate surface area is 175 Å². The zero-order chi connectivity index (χ0) is 17.8. The predicted molar refractivity (Wildman–Crippen MR) is 92.4 cm³/mol. The molecular formula is C16H34O4SiTi2-2. The van der Waals surface area contributed by atoms with Crippen LogP contribution in [0.1, 0.15) is 68.7 Å². The first kappa shape index (κ1) is 34.8. The van der Waals surface area contributed by atoms with Gasteiger partial charge in [0.2, 0.25) is 0 Å². The summed E-state index contributed by atoms with van der Waals surface area (Å²) < 4.78 is 0. The summed E-state index contributed by atoms with van der Waals surface area (Å²) in [6.45, 7) is 18.4. The molecule has 136 valence electrons. The van der Waals surface area contributed by atoms with E-state index in [-0.39, 0.29) is 54.9 Å². The Kier molecular flexibility index (Phi) is 28.6. The second-order valence-electron chi connectivity index (χ2n) is 7.40. The summed E-state index contributed by atoms with van der Waals surface area (Å²) in [6.07, 6.45) is -0.237. The molecule has 0 spiro atoms. The molecule has 2 N–H and O–H groups in total. The number of carboxylic acids is 2. The molecule has 23 heavy (non-hydrogen) atoms. The normalized spacial score (nSPS) is 11.4. The minimum Gasteiger partial charge on any atom is -0.481 e. The summed E-state index contributed by atoms with van der Waals surface area (Å²) in [6, 6.07) is 0. The SMILES string of the molecule is CC(C)(C)[SiH2]C(CC(=O)O)C(=O)O.C[C-](C)C.C[C-](C)C.[Ti].[Ti]. The molecule has 0 aromatic heterocycles. The van der Waals surface area contributed by atoms with Gasteiger partial charge >= 0.3 is 11.9 Å². The van der Waals surface area contributed by atoms with Gasteiger partial charge < -0.3 is 22.0 Å². The summed E-state index contributed by atoms with van der Waals surface area (Å²) in [7, 11) is -0.907. The third-order valence-corrected chi connectivity index (χ3v) is 3.98. The first-order valence-electron chi connectivity index (χ1n) is 7.17. The van der Waals surface area contributed by atoms with E-state index in [0.29, 0.717) is 0 Å². The van der Waals surface area contributed by atoms with Gasteiger partial charge in [0.05, 0.1) is 12.0 Å². The van der Waals surface area contributed by atoms with Gasteiger partial charge in [-0.05, 0) is 5.04 Å². The van der Waals surface area contributed by atoms with E-state index in [4.69, 9.17) is 10.2 Å². The Morgan fingerprint density at radius 2 is 1.17 bits per heavy atom. The summed E-state index contributed by atoms with van der Waals surface area (Å²) in [5, 5.41) is 17.2. The fourth-order valence-electron chi connectivity index (χ4n) is 1.20. The maximum absolute atomic E-state index is 10.7. The van der Waals surface area contributed by atoms with Crippen molar-refractivity contribution in [3.63, 3.8) is 0 Å². The summed E-state index contributed by atoms with van der Waals surface area (Å²) in [4.78, 5) is 21.0. The smallest absolute Gasteiger partial charge is 0.303 e. The molecule has 1 atom stereocenters. The second kappa shape index (κ2) is 18.9. The van der Waals surface area contributed by atoms with Gasteiger partial charge in [-0.15, -0.1) is 0 Å². The van der Waals surface area contributed by atoms with Gasteiger partial charge in [-0.3, -0.25) is 9.59 Å². The van der Waals surface area contributed by atoms with E-state index in [2.05, 4.69) is 41.5 Å². The monoisotopic (exact) mass is 414 g/mol. The second-order valence-corrected chi connectivity index (χ2v) is 10.9. The van der Waals surface area contributed by atoms with Crippen LogP contribution in [-0.2, 0) is 53.0 Å². The van der Waals surface area contributed by atoms with Gasteiger partial charge in [0.15, 0.2) is 0 Å². The van der Waals surface area contributed by atoms with E-state index in [1.165, 1.54) is 11.8 Å². The Bertz CT molecular complexity index is 279. The molecular weight excluding hydrogens is 380 g/mol. The maximum atomic E-state index is 10.7. The van der Waals surface area contributed by atoms with Gasteiger partial charge in [-0.25, -0.2) is 0 Å². The van der Waals surface area contributed by atoms with E-state index in [9.17, 15) is 9.59 Å². The van der Waals surface area contributed by atoms with Crippen LogP contribution in [0.15, 0.2) is 0 Å². The molecule has 0 aliphatic rings. The molecule has 7 heteroatoms. The molecule has 0 aromatic rings. The largest absolute Gasteiger partial charge is 0.481 e. The van der Waals surface area contributed by atoms with Crippen LogP contribution in [0.5, 0.6) is 0 Å². The van der Waals surface area contributed by atoms with Crippen molar-refractivity contribution >= 4 is 21.5 Å². The predicted octanol–water partition coefficient (Wildman–Crippen LogP) is 3.96. The van der Waals surface area contributed by atoms with E-state index < -0.39 is 27.0 Å². The van der Waals surface area contributed by atoms with Crippen LogP contribution < -0.4 is 0 Å². The Morgan fingerprint density at radius 3 is 1.30 bits per heavy atom. The molecule has 0 aromatic carbocycles. The van der Waals surface area contributed by atoms with Crippen molar-refractivity contribution in [3.8, 4) is 0 Å². The number of hydrogen-bond acceptors (Lipinski definition) is 2. The number of hydrogen-bond donors (Lipinski definition) is 2. The van der Waals surface area contributed by atoms with Crippen LogP contribution in [-0.4, -0.2) is 31.7 Å². The number of carboxylic acid groups (broad SMARTS) is 2. The minimum absolute atomic E-state index is 0. The molecule has 0 fully saturated rings. The first-order chi connectivity index (χ1) is 9.19. The zero-order valence-electron chi connectivity index (χ0n) is 16.2. The molecule has 0 saturated carbocycles. The third-order valence-electron chi connectivity index (χ3n) is 1.63. The molecule has 0 saturated heterocycles. The van der Waals surface area contributed by atoms with Crippen molar-refractivity contribution in [2.24, 2.45) is 0 Å². The molecule has 0 aliphatic heterocycles. The maximum Gasteiger partial charge on any atom is 0.303 e. The average molecular weight is 414 g/mol. The average Bonchev–Trinajstić information content (AvgIpc) is 2.10. The van der Waals surface area contributed by atoms with Gasteiger partial charge in [-0.1, -0.05) is 20.8 Å². The van der Waals surface area contributed by atoms with Crippen LogP contribution in [0.2, 0.25) is 10.6 Å². The molecule has 1 unspecified atom stereocenters. The number of carbonyl (C=O) groups is 2. The van der Waals surface area contributed by atoms with Crippen molar-refractivity contribution in [1.82, 2.24) is 0 Å². The molecule has 0 heterocycles. The quantitative estimate of drug-likeness (QED) is 0.540. The number of rotatable bonds is 4. The molecule has 0 rings (SSSR count). The molecule has 0 aliphatic carbocycles. The topological polar surface area (TPSA) is 74.6 Å². The molecule has 0 radical (unpaired) electrons.